The summed E-state index contributed by atoms with van der Waals surface area (Å²) in [4.78, 5) is 14.3. The van der Waals surface area contributed by atoms with Crippen LogP contribution in [-0.2, 0) is 6.42 Å². The number of likely N-dealkylation sites (tertiary alicyclic amines) is 1. The highest BCUT2D eigenvalue weighted by molar-refractivity contribution is 5.98. The second kappa shape index (κ2) is 4.88. The minimum absolute atomic E-state index is 0.0849. The molecule has 5 heteroatoms. The number of carbonyl (C=O) groups excluding carboxylic acids is 1. The van der Waals surface area contributed by atoms with E-state index in [4.69, 9.17) is 4.74 Å². The van der Waals surface area contributed by atoms with Gasteiger partial charge in [-0.15, -0.1) is 0 Å². The number of nitrogens with zero attached hydrogens (tertiary/aromatic N) is 1. The third kappa shape index (κ3) is 2.65. The van der Waals surface area contributed by atoms with Gasteiger partial charge in [0.15, 0.2) is 11.5 Å². The van der Waals surface area contributed by atoms with Crippen LogP contribution in [0.2, 0.25) is 0 Å². The van der Waals surface area contributed by atoms with Gasteiger partial charge in [0.05, 0.1) is 11.2 Å². The van der Waals surface area contributed by atoms with Crippen molar-refractivity contribution in [3.8, 4) is 11.5 Å². The SMILES string of the molecule is CC1(C)Cc2ccc(C(=O)N3CCC[C@@](C)(O)C3)c(O)c2O1. The van der Waals surface area contributed by atoms with Gasteiger partial charge in [-0.2, -0.15) is 0 Å². The predicted molar refractivity (Wildman–Crippen MR) is 82.3 cm³/mol. The minimum atomic E-state index is -0.862. The first kappa shape index (κ1) is 15.2. The Kier molecular flexibility index (Phi) is 3.36. The van der Waals surface area contributed by atoms with Gasteiger partial charge in [0.25, 0.3) is 5.91 Å². The molecule has 1 saturated heterocycles. The summed E-state index contributed by atoms with van der Waals surface area (Å²) >= 11 is 0. The van der Waals surface area contributed by atoms with Crippen LogP contribution < -0.4 is 4.74 Å². The predicted octanol–water partition coefficient (Wildman–Crippen LogP) is 2.09. The zero-order chi connectivity index (χ0) is 16.1. The lowest BCUT2D eigenvalue weighted by Gasteiger charge is -2.37. The van der Waals surface area contributed by atoms with E-state index in [0.29, 0.717) is 25.1 Å². The molecular formula is C17H23NO4. The number of phenols is 1. The van der Waals surface area contributed by atoms with Gasteiger partial charge in [-0.25, -0.2) is 0 Å². The van der Waals surface area contributed by atoms with Crippen molar-refractivity contribution in [1.82, 2.24) is 4.90 Å². The Balaban J connectivity index is 1.89. The number of carbonyl (C=O) groups is 1. The number of ether oxygens (including phenoxy) is 1. The van der Waals surface area contributed by atoms with E-state index in [9.17, 15) is 15.0 Å². The molecule has 1 fully saturated rings. The van der Waals surface area contributed by atoms with Crippen LogP contribution >= 0.6 is 0 Å². The topological polar surface area (TPSA) is 70.0 Å². The summed E-state index contributed by atoms with van der Waals surface area (Å²) in [5.74, 6) is 0.0755. The van der Waals surface area contributed by atoms with Crippen LogP contribution in [0.3, 0.4) is 0 Å². The van der Waals surface area contributed by atoms with Crippen LogP contribution in [0.1, 0.15) is 49.5 Å². The Bertz CT molecular complexity index is 621. The molecule has 0 aliphatic carbocycles. The summed E-state index contributed by atoms with van der Waals surface area (Å²) in [6.07, 6.45) is 2.15. The summed E-state index contributed by atoms with van der Waals surface area (Å²) in [6.45, 7) is 6.53. The largest absolute Gasteiger partial charge is 0.504 e. The molecule has 0 unspecified atom stereocenters. The standard InChI is InChI=1S/C17H23NO4/c1-16(2)9-11-5-6-12(13(19)14(11)22-16)15(20)18-8-4-7-17(3,21)10-18/h5-6,19,21H,4,7-10H2,1-3H3/t17-/m1/s1. The number of hydrogen-bond donors (Lipinski definition) is 2. The van der Waals surface area contributed by atoms with Crippen LogP contribution in [0.15, 0.2) is 12.1 Å². The van der Waals surface area contributed by atoms with E-state index in [1.807, 2.05) is 19.9 Å². The summed E-state index contributed by atoms with van der Waals surface area (Å²) in [5.41, 5.74) is -0.0616. The van der Waals surface area contributed by atoms with Gasteiger partial charge < -0.3 is 19.8 Å². The normalized spacial score (nSPS) is 26.5. The molecule has 5 nitrogen and oxygen atoms in total. The molecule has 1 atom stereocenters. The van der Waals surface area contributed by atoms with Crippen molar-refractivity contribution < 1.29 is 19.7 Å². The lowest BCUT2D eigenvalue weighted by atomic mass is 9.94. The molecule has 1 aromatic rings. The molecule has 0 aromatic heterocycles. The number of hydrogen-bond acceptors (Lipinski definition) is 4. The molecule has 0 radical (unpaired) electrons. The van der Waals surface area contributed by atoms with Crippen molar-refractivity contribution in [2.75, 3.05) is 13.1 Å². The van der Waals surface area contributed by atoms with Gasteiger partial charge in [-0.05, 0) is 39.7 Å². The molecule has 1 amide bonds. The molecular weight excluding hydrogens is 282 g/mol. The first-order chi connectivity index (χ1) is 10.2. The smallest absolute Gasteiger partial charge is 0.257 e. The van der Waals surface area contributed by atoms with Gasteiger partial charge >= 0.3 is 0 Å². The molecule has 3 rings (SSSR count). The summed E-state index contributed by atoms with van der Waals surface area (Å²) in [5, 5.41) is 20.6. The second-order valence-corrected chi connectivity index (χ2v) is 7.32. The Morgan fingerprint density at radius 1 is 1.32 bits per heavy atom. The third-order valence-corrected chi connectivity index (χ3v) is 4.40. The van der Waals surface area contributed by atoms with Gasteiger partial charge in [-0.3, -0.25) is 4.79 Å². The fourth-order valence-electron chi connectivity index (χ4n) is 3.37. The van der Waals surface area contributed by atoms with Crippen molar-refractivity contribution in [2.45, 2.75) is 51.2 Å². The number of aromatic hydroxyl groups is 1. The Morgan fingerprint density at radius 2 is 2.05 bits per heavy atom. The molecule has 22 heavy (non-hydrogen) atoms. The Morgan fingerprint density at radius 3 is 2.73 bits per heavy atom. The van der Waals surface area contributed by atoms with E-state index >= 15 is 0 Å². The van der Waals surface area contributed by atoms with Crippen molar-refractivity contribution in [3.05, 3.63) is 23.3 Å². The number of phenolic OH excluding ortho intramolecular Hbond substituents is 1. The molecule has 2 heterocycles. The van der Waals surface area contributed by atoms with Crippen LogP contribution in [-0.4, -0.2) is 45.3 Å². The monoisotopic (exact) mass is 305 g/mol. The number of benzene rings is 1. The minimum Gasteiger partial charge on any atom is -0.504 e. The summed E-state index contributed by atoms with van der Waals surface area (Å²) in [7, 11) is 0. The van der Waals surface area contributed by atoms with Crippen molar-refractivity contribution in [1.29, 1.82) is 0 Å². The molecule has 2 aliphatic heterocycles. The second-order valence-electron chi connectivity index (χ2n) is 7.32. The summed E-state index contributed by atoms with van der Waals surface area (Å²) < 4.78 is 5.77. The molecule has 0 saturated carbocycles. The van der Waals surface area contributed by atoms with Crippen LogP contribution in [0, 0.1) is 0 Å². The molecule has 2 aliphatic rings. The maximum Gasteiger partial charge on any atom is 0.257 e. The van der Waals surface area contributed by atoms with Crippen LogP contribution in [0.5, 0.6) is 11.5 Å². The highest BCUT2D eigenvalue weighted by Crippen LogP contribution is 2.43. The third-order valence-electron chi connectivity index (χ3n) is 4.40. The first-order valence-corrected chi connectivity index (χ1v) is 7.74. The zero-order valence-electron chi connectivity index (χ0n) is 13.3. The lowest BCUT2D eigenvalue weighted by Crippen LogP contribution is -2.48. The lowest BCUT2D eigenvalue weighted by molar-refractivity contribution is -0.0108. The highest BCUT2D eigenvalue weighted by Gasteiger charge is 2.36. The van der Waals surface area contributed by atoms with E-state index < -0.39 is 5.60 Å². The van der Waals surface area contributed by atoms with E-state index in [0.717, 1.165) is 12.0 Å². The van der Waals surface area contributed by atoms with Crippen molar-refractivity contribution in [3.63, 3.8) is 0 Å². The van der Waals surface area contributed by atoms with Crippen LogP contribution in [0.25, 0.3) is 0 Å². The van der Waals surface area contributed by atoms with Gasteiger partial charge in [0.1, 0.15) is 5.60 Å². The van der Waals surface area contributed by atoms with E-state index in [1.54, 1.807) is 17.9 Å². The van der Waals surface area contributed by atoms with Gasteiger partial charge in [-0.1, -0.05) is 6.07 Å². The number of aliphatic hydroxyl groups is 1. The first-order valence-electron chi connectivity index (χ1n) is 7.74. The van der Waals surface area contributed by atoms with Crippen LogP contribution in [0.4, 0.5) is 0 Å². The van der Waals surface area contributed by atoms with Gasteiger partial charge in [0.2, 0.25) is 0 Å². The van der Waals surface area contributed by atoms with E-state index in [-0.39, 0.29) is 29.4 Å². The number of β-amino-alcohol motifs (C(OH)–C–C–N with tert-alkyl or cyclic N) is 1. The quantitative estimate of drug-likeness (QED) is 0.833. The Labute approximate surface area is 130 Å². The number of rotatable bonds is 1. The summed E-state index contributed by atoms with van der Waals surface area (Å²) in [6, 6.07) is 3.50. The average molecular weight is 305 g/mol. The van der Waals surface area contributed by atoms with Crippen molar-refractivity contribution in [2.24, 2.45) is 0 Å². The van der Waals surface area contributed by atoms with E-state index in [2.05, 4.69) is 0 Å². The highest BCUT2D eigenvalue weighted by atomic mass is 16.5. The molecule has 1 aromatic carbocycles. The number of amides is 1. The molecule has 120 valence electrons. The number of piperidine rings is 1. The zero-order valence-corrected chi connectivity index (χ0v) is 13.3. The van der Waals surface area contributed by atoms with Gasteiger partial charge in [0, 0.05) is 25.1 Å². The molecule has 2 N–H and O–H groups in total. The fourth-order valence-corrected chi connectivity index (χ4v) is 3.37. The average Bonchev–Trinajstić information content (AvgIpc) is 2.73. The Hall–Kier alpha value is -1.75. The van der Waals surface area contributed by atoms with Crippen molar-refractivity contribution >= 4 is 5.91 Å². The maximum atomic E-state index is 12.7. The number of fused-ring (bicyclic) bond motifs is 1. The maximum absolute atomic E-state index is 12.7. The molecule has 0 spiro atoms. The van der Waals surface area contributed by atoms with E-state index in [1.165, 1.54) is 0 Å². The fraction of sp³-hybridized carbons (Fsp3) is 0.588. The molecule has 0 bridgehead atoms.